The summed E-state index contributed by atoms with van der Waals surface area (Å²) in [6.07, 6.45) is 10.1. The number of anilines is 1. The molecule has 1 aromatic heterocycles. The first kappa shape index (κ1) is 20.2. The highest BCUT2D eigenvalue weighted by molar-refractivity contribution is 7.14. The molecule has 0 fully saturated rings. The topological polar surface area (TPSA) is 55.8 Å². The van der Waals surface area contributed by atoms with Crippen LogP contribution in [0.5, 0.6) is 0 Å². The van der Waals surface area contributed by atoms with E-state index >= 15 is 0 Å². The SMILES string of the molecule is COC(=O)C1=C(C(=O)OC)N(C)c2c(sc3c2CC/C=C\C=C/3)C1c1ccccc1. The standard InChI is InChI=1S/C24H23NO4S/c1-25-20-16-13-9-4-5-10-14-17(16)30-22(20)18(15-11-7-6-8-12-15)19(23(26)28-2)21(25)24(27)29-3/h4-8,10-12,14,18H,9,13H2,1-3H3/b5-4-,14-10-. The maximum absolute atomic E-state index is 13.0. The minimum atomic E-state index is -0.550. The van der Waals surface area contributed by atoms with Crippen LogP contribution in [0.1, 0.15) is 33.2 Å². The third-order valence-electron chi connectivity index (χ3n) is 5.49. The number of thiophene rings is 1. The van der Waals surface area contributed by atoms with Gasteiger partial charge in [-0.25, -0.2) is 9.59 Å². The zero-order chi connectivity index (χ0) is 21.3. The Morgan fingerprint density at radius 2 is 1.80 bits per heavy atom. The molecule has 0 saturated carbocycles. The summed E-state index contributed by atoms with van der Waals surface area (Å²) in [5.74, 6) is -1.48. The van der Waals surface area contributed by atoms with Crippen molar-refractivity contribution in [1.82, 2.24) is 0 Å². The van der Waals surface area contributed by atoms with E-state index in [4.69, 9.17) is 9.47 Å². The number of rotatable bonds is 3. The van der Waals surface area contributed by atoms with Crippen molar-refractivity contribution in [1.29, 1.82) is 0 Å². The average molecular weight is 422 g/mol. The lowest BCUT2D eigenvalue weighted by Gasteiger charge is -2.34. The average Bonchev–Trinajstić information content (AvgIpc) is 3.10. The van der Waals surface area contributed by atoms with Gasteiger partial charge in [-0.2, -0.15) is 0 Å². The Balaban J connectivity index is 2.04. The molecule has 1 aliphatic heterocycles. The molecule has 1 aromatic carbocycles. The van der Waals surface area contributed by atoms with E-state index in [-0.39, 0.29) is 5.70 Å². The summed E-state index contributed by atoms with van der Waals surface area (Å²) < 4.78 is 10.2. The van der Waals surface area contributed by atoms with Crippen LogP contribution in [0.2, 0.25) is 0 Å². The molecule has 6 heteroatoms. The van der Waals surface area contributed by atoms with Crippen molar-refractivity contribution in [3.8, 4) is 0 Å². The van der Waals surface area contributed by atoms with Gasteiger partial charge in [0.1, 0.15) is 5.70 Å². The van der Waals surface area contributed by atoms with Crippen molar-refractivity contribution >= 4 is 35.0 Å². The molecule has 4 rings (SSSR count). The van der Waals surface area contributed by atoms with Gasteiger partial charge in [0.2, 0.25) is 0 Å². The van der Waals surface area contributed by atoms with Gasteiger partial charge in [-0.05, 0) is 30.0 Å². The zero-order valence-electron chi connectivity index (χ0n) is 17.2. The fourth-order valence-corrected chi connectivity index (χ4v) is 5.60. The number of methoxy groups -OCH3 is 2. The van der Waals surface area contributed by atoms with Gasteiger partial charge in [0.05, 0.1) is 31.4 Å². The Morgan fingerprint density at radius 3 is 2.50 bits per heavy atom. The van der Waals surface area contributed by atoms with Crippen LogP contribution in [0, 0.1) is 0 Å². The maximum atomic E-state index is 13.0. The molecule has 1 aliphatic carbocycles. The summed E-state index contributed by atoms with van der Waals surface area (Å²) in [6, 6.07) is 9.77. The number of benzene rings is 1. The largest absolute Gasteiger partial charge is 0.466 e. The Hall–Kier alpha value is -3.12. The number of allylic oxidation sites excluding steroid dienone is 3. The number of ether oxygens (including phenoxy) is 2. The second-order valence-corrected chi connectivity index (χ2v) is 8.22. The van der Waals surface area contributed by atoms with Crippen LogP contribution >= 0.6 is 11.3 Å². The van der Waals surface area contributed by atoms with Crippen LogP contribution in [0.4, 0.5) is 5.69 Å². The fraction of sp³-hybridized carbons (Fsp3) is 0.250. The molecule has 0 radical (unpaired) electrons. The van der Waals surface area contributed by atoms with Gasteiger partial charge in [-0.1, -0.05) is 48.6 Å². The molecule has 1 unspecified atom stereocenters. The van der Waals surface area contributed by atoms with Gasteiger partial charge in [-0.3, -0.25) is 0 Å². The molecule has 0 spiro atoms. The van der Waals surface area contributed by atoms with Crippen LogP contribution in [-0.2, 0) is 25.5 Å². The van der Waals surface area contributed by atoms with Gasteiger partial charge in [0.25, 0.3) is 0 Å². The van der Waals surface area contributed by atoms with Crippen LogP contribution in [0.3, 0.4) is 0 Å². The molecular formula is C24H23NO4S. The van der Waals surface area contributed by atoms with E-state index in [1.54, 1.807) is 16.2 Å². The minimum Gasteiger partial charge on any atom is -0.466 e. The normalized spacial score (nSPS) is 19.8. The number of hydrogen-bond donors (Lipinski definition) is 0. The van der Waals surface area contributed by atoms with Crippen molar-refractivity contribution in [2.45, 2.75) is 18.8 Å². The van der Waals surface area contributed by atoms with Gasteiger partial charge in [-0.15, -0.1) is 11.3 Å². The minimum absolute atomic E-state index is 0.230. The third-order valence-corrected chi connectivity index (χ3v) is 6.74. The fourth-order valence-electron chi connectivity index (χ4n) is 4.17. The smallest absolute Gasteiger partial charge is 0.355 e. The van der Waals surface area contributed by atoms with E-state index in [0.717, 1.165) is 33.8 Å². The summed E-state index contributed by atoms with van der Waals surface area (Å²) in [7, 11) is 4.49. The Morgan fingerprint density at radius 1 is 1.07 bits per heavy atom. The highest BCUT2D eigenvalue weighted by Crippen LogP contribution is 2.52. The Kier molecular flexibility index (Phi) is 5.59. The summed E-state index contributed by atoms with van der Waals surface area (Å²) >= 11 is 1.66. The Labute approximate surface area is 179 Å². The van der Waals surface area contributed by atoms with Gasteiger partial charge >= 0.3 is 11.9 Å². The van der Waals surface area contributed by atoms with E-state index < -0.39 is 17.9 Å². The molecule has 1 atom stereocenters. The van der Waals surface area contributed by atoms with E-state index in [0.29, 0.717) is 5.57 Å². The molecule has 0 amide bonds. The second-order valence-electron chi connectivity index (χ2n) is 7.13. The number of hydrogen-bond acceptors (Lipinski definition) is 6. The maximum Gasteiger partial charge on any atom is 0.355 e. The number of likely N-dealkylation sites (N-methyl/N-ethyl adjacent to an activating group) is 1. The number of nitrogens with zero attached hydrogens (tertiary/aromatic N) is 1. The molecule has 5 nitrogen and oxygen atoms in total. The van der Waals surface area contributed by atoms with Crippen molar-refractivity contribution < 1.29 is 19.1 Å². The number of fused-ring (bicyclic) bond motifs is 3. The van der Waals surface area contributed by atoms with Crippen LogP contribution < -0.4 is 4.90 Å². The highest BCUT2D eigenvalue weighted by Gasteiger charge is 2.42. The predicted octanol–water partition coefficient (Wildman–Crippen LogP) is 4.45. The third kappa shape index (κ3) is 3.27. The highest BCUT2D eigenvalue weighted by atomic mass is 32.1. The molecular weight excluding hydrogens is 398 g/mol. The van der Waals surface area contributed by atoms with Gasteiger partial charge in [0, 0.05) is 16.8 Å². The lowest BCUT2D eigenvalue weighted by molar-refractivity contribution is -0.139. The molecule has 2 aliphatic rings. The van der Waals surface area contributed by atoms with E-state index in [9.17, 15) is 9.59 Å². The molecule has 2 heterocycles. The number of esters is 2. The molecule has 0 bridgehead atoms. The second kappa shape index (κ2) is 8.32. The molecule has 0 saturated heterocycles. The lowest BCUT2D eigenvalue weighted by Crippen LogP contribution is -2.35. The molecule has 154 valence electrons. The number of carbonyl (C=O) groups is 2. The first-order valence-corrected chi connectivity index (χ1v) is 10.6. The van der Waals surface area contributed by atoms with Crippen molar-refractivity contribution in [2.24, 2.45) is 0 Å². The Bertz CT molecular complexity index is 1080. The van der Waals surface area contributed by atoms with Gasteiger partial charge < -0.3 is 14.4 Å². The number of carbonyl (C=O) groups excluding carboxylic acids is 2. The summed E-state index contributed by atoms with van der Waals surface area (Å²) in [5.41, 5.74) is 3.64. The molecule has 2 aromatic rings. The van der Waals surface area contributed by atoms with Gasteiger partial charge in [0.15, 0.2) is 0 Å². The van der Waals surface area contributed by atoms with Crippen molar-refractivity contribution in [3.63, 3.8) is 0 Å². The summed E-state index contributed by atoms with van der Waals surface area (Å²) in [5, 5.41) is 0. The molecule has 30 heavy (non-hydrogen) atoms. The zero-order valence-corrected chi connectivity index (χ0v) is 18.0. The first-order chi connectivity index (χ1) is 14.6. The molecule has 0 N–H and O–H groups in total. The summed E-state index contributed by atoms with van der Waals surface area (Å²) in [6.45, 7) is 0. The van der Waals surface area contributed by atoms with Crippen LogP contribution in [0.15, 0.2) is 59.8 Å². The monoisotopic (exact) mass is 421 g/mol. The van der Waals surface area contributed by atoms with E-state index in [1.165, 1.54) is 19.8 Å². The van der Waals surface area contributed by atoms with Crippen molar-refractivity contribution in [2.75, 3.05) is 26.2 Å². The van der Waals surface area contributed by atoms with Crippen molar-refractivity contribution in [3.05, 3.63) is 80.7 Å². The van der Waals surface area contributed by atoms with Crippen LogP contribution in [-0.4, -0.2) is 33.2 Å². The quantitative estimate of drug-likeness (QED) is 0.686. The predicted molar refractivity (Wildman–Crippen MR) is 119 cm³/mol. The van der Waals surface area contributed by atoms with E-state index in [1.807, 2.05) is 43.5 Å². The first-order valence-electron chi connectivity index (χ1n) is 9.76. The van der Waals surface area contributed by atoms with Crippen LogP contribution in [0.25, 0.3) is 6.08 Å². The van der Waals surface area contributed by atoms with E-state index in [2.05, 4.69) is 18.2 Å². The lowest BCUT2D eigenvalue weighted by atomic mass is 9.83. The summed E-state index contributed by atoms with van der Waals surface area (Å²) in [4.78, 5) is 29.8.